The number of hydrogen-bond donors (Lipinski definition) is 1. The number of rotatable bonds is 5. The van der Waals surface area contributed by atoms with Crippen molar-refractivity contribution in [3.8, 4) is 0 Å². The Morgan fingerprint density at radius 2 is 2.07 bits per heavy atom. The lowest BCUT2D eigenvalue weighted by molar-refractivity contribution is -0.125. The SMILES string of the molecule is CCC(CC)C(=O)NCc1ccc(C)o1. The Balaban J connectivity index is 2.40. The van der Waals surface area contributed by atoms with Gasteiger partial charge in [-0.05, 0) is 31.9 Å². The van der Waals surface area contributed by atoms with Crippen molar-refractivity contribution in [1.82, 2.24) is 5.32 Å². The molecule has 3 nitrogen and oxygen atoms in total. The van der Waals surface area contributed by atoms with E-state index in [-0.39, 0.29) is 11.8 Å². The highest BCUT2D eigenvalue weighted by Crippen LogP contribution is 2.09. The maximum absolute atomic E-state index is 11.6. The number of hydrogen-bond acceptors (Lipinski definition) is 2. The maximum Gasteiger partial charge on any atom is 0.223 e. The van der Waals surface area contributed by atoms with Crippen molar-refractivity contribution in [2.24, 2.45) is 5.92 Å². The van der Waals surface area contributed by atoms with Crippen LogP contribution in [-0.2, 0) is 11.3 Å². The molecule has 0 fully saturated rings. The van der Waals surface area contributed by atoms with E-state index in [9.17, 15) is 4.79 Å². The summed E-state index contributed by atoms with van der Waals surface area (Å²) in [6.07, 6.45) is 1.78. The summed E-state index contributed by atoms with van der Waals surface area (Å²) in [5, 5.41) is 2.88. The summed E-state index contributed by atoms with van der Waals surface area (Å²) in [6.45, 7) is 6.45. The average Bonchev–Trinajstić information content (AvgIpc) is 2.63. The van der Waals surface area contributed by atoms with Gasteiger partial charge in [0.1, 0.15) is 11.5 Å². The minimum absolute atomic E-state index is 0.119. The second-order valence-electron chi connectivity index (χ2n) is 3.74. The highest BCUT2D eigenvalue weighted by molar-refractivity contribution is 5.78. The first kappa shape index (κ1) is 11.8. The minimum Gasteiger partial charge on any atom is -0.465 e. The molecule has 1 aromatic heterocycles. The van der Waals surface area contributed by atoms with Crippen LogP contribution in [0.25, 0.3) is 0 Å². The molecular weight excluding hydrogens is 190 g/mol. The maximum atomic E-state index is 11.6. The van der Waals surface area contributed by atoms with Crippen LogP contribution in [0.5, 0.6) is 0 Å². The molecule has 0 radical (unpaired) electrons. The number of aryl methyl sites for hydroxylation is 1. The molecule has 0 bridgehead atoms. The van der Waals surface area contributed by atoms with Crippen LogP contribution in [0.4, 0.5) is 0 Å². The van der Waals surface area contributed by atoms with Gasteiger partial charge in [0, 0.05) is 5.92 Å². The predicted molar refractivity (Wildman–Crippen MR) is 59.4 cm³/mol. The standard InChI is InChI=1S/C12H19NO2/c1-4-10(5-2)12(14)13-8-11-7-6-9(3)15-11/h6-7,10H,4-5,8H2,1-3H3,(H,13,14). The minimum atomic E-state index is 0.119. The second-order valence-corrected chi connectivity index (χ2v) is 3.74. The third-order valence-electron chi connectivity index (χ3n) is 2.59. The molecule has 1 amide bonds. The van der Waals surface area contributed by atoms with Gasteiger partial charge in [0.05, 0.1) is 6.54 Å². The molecule has 1 aromatic rings. The lowest BCUT2D eigenvalue weighted by atomic mass is 10.0. The molecule has 0 atom stereocenters. The van der Waals surface area contributed by atoms with E-state index >= 15 is 0 Å². The van der Waals surface area contributed by atoms with Crippen molar-refractivity contribution in [3.63, 3.8) is 0 Å². The molecule has 0 aromatic carbocycles. The van der Waals surface area contributed by atoms with Gasteiger partial charge in [-0.1, -0.05) is 13.8 Å². The first-order chi connectivity index (χ1) is 7.17. The molecule has 0 spiro atoms. The van der Waals surface area contributed by atoms with Gasteiger partial charge >= 0.3 is 0 Å². The van der Waals surface area contributed by atoms with Gasteiger partial charge in [0.15, 0.2) is 0 Å². The molecule has 1 N–H and O–H groups in total. The quantitative estimate of drug-likeness (QED) is 0.810. The largest absolute Gasteiger partial charge is 0.465 e. The smallest absolute Gasteiger partial charge is 0.223 e. The second kappa shape index (κ2) is 5.59. The van der Waals surface area contributed by atoms with E-state index in [1.165, 1.54) is 0 Å². The highest BCUT2D eigenvalue weighted by atomic mass is 16.3. The fourth-order valence-electron chi connectivity index (χ4n) is 1.56. The van der Waals surface area contributed by atoms with Crippen molar-refractivity contribution in [3.05, 3.63) is 23.7 Å². The van der Waals surface area contributed by atoms with Crippen LogP contribution in [0.15, 0.2) is 16.5 Å². The van der Waals surface area contributed by atoms with Crippen LogP contribution in [0.3, 0.4) is 0 Å². The van der Waals surface area contributed by atoms with Gasteiger partial charge in [0.2, 0.25) is 5.91 Å². The van der Waals surface area contributed by atoms with E-state index in [4.69, 9.17) is 4.42 Å². The molecule has 0 unspecified atom stereocenters. The molecule has 84 valence electrons. The molecule has 0 aliphatic carbocycles. The Bertz CT molecular complexity index is 313. The third kappa shape index (κ3) is 3.42. The molecular formula is C12H19NO2. The van der Waals surface area contributed by atoms with Gasteiger partial charge in [-0.15, -0.1) is 0 Å². The van der Waals surface area contributed by atoms with Crippen LogP contribution in [0, 0.1) is 12.8 Å². The number of furan rings is 1. The number of amides is 1. The third-order valence-corrected chi connectivity index (χ3v) is 2.59. The Kier molecular flexibility index (Phi) is 4.40. The lowest BCUT2D eigenvalue weighted by Gasteiger charge is -2.11. The molecule has 0 saturated heterocycles. The summed E-state index contributed by atoms with van der Waals surface area (Å²) < 4.78 is 5.37. The van der Waals surface area contributed by atoms with Crippen LogP contribution in [0.2, 0.25) is 0 Å². The van der Waals surface area contributed by atoms with Crippen molar-refractivity contribution in [2.45, 2.75) is 40.2 Å². The fourth-order valence-corrected chi connectivity index (χ4v) is 1.56. The lowest BCUT2D eigenvalue weighted by Crippen LogP contribution is -2.29. The first-order valence-electron chi connectivity index (χ1n) is 5.50. The summed E-state index contributed by atoms with van der Waals surface area (Å²) in [5.74, 6) is 1.93. The Morgan fingerprint density at radius 3 is 2.53 bits per heavy atom. The number of carbonyl (C=O) groups excluding carboxylic acids is 1. The molecule has 3 heteroatoms. The van der Waals surface area contributed by atoms with Gasteiger partial charge < -0.3 is 9.73 Å². The predicted octanol–water partition coefficient (Wildman–Crippen LogP) is 2.64. The summed E-state index contributed by atoms with van der Waals surface area (Å²) in [6, 6.07) is 3.79. The van der Waals surface area contributed by atoms with E-state index < -0.39 is 0 Å². The summed E-state index contributed by atoms with van der Waals surface area (Å²) in [5.41, 5.74) is 0. The topological polar surface area (TPSA) is 42.2 Å². The fraction of sp³-hybridized carbons (Fsp3) is 0.583. The van der Waals surface area contributed by atoms with E-state index in [2.05, 4.69) is 5.32 Å². The zero-order valence-electron chi connectivity index (χ0n) is 9.67. The molecule has 0 aliphatic rings. The molecule has 1 heterocycles. The summed E-state index contributed by atoms with van der Waals surface area (Å²) in [7, 11) is 0. The normalized spacial score (nSPS) is 10.7. The van der Waals surface area contributed by atoms with E-state index in [1.54, 1.807) is 0 Å². The summed E-state index contributed by atoms with van der Waals surface area (Å²) in [4.78, 5) is 11.6. The highest BCUT2D eigenvalue weighted by Gasteiger charge is 2.13. The monoisotopic (exact) mass is 209 g/mol. The first-order valence-corrected chi connectivity index (χ1v) is 5.50. The van der Waals surface area contributed by atoms with E-state index in [0.29, 0.717) is 6.54 Å². The number of nitrogens with one attached hydrogen (secondary N) is 1. The summed E-state index contributed by atoms with van der Waals surface area (Å²) >= 11 is 0. The molecule has 0 saturated carbocycles. The zero-order valence-corrected chi connectivity index (χ0v) is 9.67. The molecule has 0 aliphatic heterocycles. The van der Waals surface area contributed by atoms with Crippen molar-refractivity contribution < 1.29 is 9.21 Å². The van der Waals surface area contributed by atoms with E-state index in [0.717, 1.165) is 24.4 Å². The van der Waals surface area contributed by atoms with Crippen molar-refractivity contribution in [1.29, 1.82) is 0 Å². The van der Waals surface area contributed by atoms with Crippen LogP contribution in [-0.4, -0.2) is 5.91 Å². The van der Waals surface area contributed by atoms with E-state index in [1.807, 2.05) is 32.9 Å². The Morgan fingerprint density at radius 1 is 1.40 bits per heavy atom. The van der Waals surface area contributed by atoms with Gasteiger partial charge in [-0.25, -0.2) is 0 Å². The molecule has 15 heavy (non-hydrogen) atoms. The average molecular weight is 209 g/mol. The van der Waals surface area contributed by atoms with Gasteiger partial charge in [0.25, 0.3) is 0 Å². The van der Waals surface area contributed by atoms with Crippen molar-refractivity contribution >= 4 is 5.91 Å². The van der Waals surface area contributed by atoms with Crippen molar-refractivity contribution in [2.75, 3.05) is 0 Å². The van der Waals surface area contributed by atoms with Gasteiger partial charge in [-0.2, -0.15) is 0 Å². The zero-order chi connectivity index (χ0) is 11.3. The Labute approximate surface area is 90.9 Å². The van der Waals surface area contributed by atoms with Crippen LogP contribution in [0.1, 0.15) is 38.2 Å². The van der Waals surface area contributed by atoms with Gasteiger partial charge in [-0.3, -0.25) is 4.79 Å². The number of carbonyl (C=O) groups is 1. The van der Waals surface area contributed by atoms with Crippen LogP contribution < -0.4 is 5.32 Å². The Hall–Kier alpha value is -1.25. The molecule has 1 rings (SSSR count). The van der Waals surface area contributed by atoms with Crippen LogP contribution >= 0.6 is 0 Å².